The van der Waals surface area contributed by atoms with Gasteiger partial charge in [-0.05, 0) is 11.8 Å². The Morgan fingerprint density at radius 2 is 1.55 bits per heavy atom. The number of allylic oxidation sites excluding steroid dienone is 1. The van der Waals surface area contributed by atoms with E-state index in [1.165, 1.54) is 6.42 Å². The molecule has 0 saturated heterocycles. The molecule has 0 bridgehead atoms. The molecule has 0 amide bonds. The standard InChI is InChI=1S/C10H22Si/c1-10(2,3)8-7-9-11(4,5)6/h7,9H,8H2,1-6H3/b9-7+. The fraction of sp³-hybridized carbons (Fsp3) is 0.800. The minimum Gasteiger partial charge on any atom is -0.0989 e. The molecular weight excluding hydrogens is 148 g/mol. The Hall–Kier alpha value is -0.0431. The largest absolute Gasteiger partial charge is 0.0989 e. The van der Waals surface area contributed by atoms with Crippen molar-refractivity contribution < 1.29 is 0 Å². The summed E-state index contributed by atoms with van der Waals surface area (Å²) in [7, 11) is -0.938. The lowest BCUT2D eigenvalue weighted by atomic mass is 9.93. The summed E-state index contributed by atoms with van der Waals surface area (Å²) in [6, 6.07) is 0. The Bertz CT molecular complexity index is 132. The second kappa shape index (κ2) is 3.57. The molecule has 0 aliphatic carbocycles. The van der Waals surface area contributed by atoms with Crippen LogP contribution in [0.25, 0.3) is 0 Å². The summed E-state index contributed by atoms with van der Waals surface area (Å²) in [4.78, 5) is 0. The molecule has 0 rings (SSSR count). The summed E-state index contributed by atoms with van der Waals surface area (Å²) >= 11 is 0. The second-order valence-corrected chi connectivity index (χ2v) is 10.6. The van der Waals surface area contributed by atoms with Gasteiger partial charge in [-0.3, -0.25) is 0 Å². The van der Waals surface area contributed by atoms with Crippen LogP contribution in [0.4, 0.5) is 0 Å². The minimum atomic E-state index is -0.938. The fourth-order valence-corrected chi connectivity index (χ4v) is 1.59. The highest BCUT2D eigenvalue weighted by molar-refractivity contribution is 6.80. The molecule has 0 unspecified atom stereocenters. The van der Waals surface area contributed by atoms with Crippen molar-refractivity contribution in [1.82, 2.24) is 0 Å². The molecule has 0 spiro atoms. The van der Waals surface area contributed by atoms with E-state index in [1.54, 1.807) is 0 Å². The predicted octanol–water partition coefficient (Wildman–Crippen LogP) is 3.86. The first-order valence-electron chi connectivity index (χ1n) is 4.38. The van der Waals surface area contributed by atoms with Gasteiger partial charge in [-0.2, -0.15) is 0 Å². The van der Waals surface area contributed by atoms with Crippen LogP contribution in [-0.2, 0) is 0 Å². The first kappa shape index (κ1) is 11.0. The van der Waals surface area contributed by atoms with Gasteiger partial charge in [0.25, 0.3) is 0 Å². The van der Waals surface area contributed by atoms with Crippen LogP contribution in [0.1, 0.15) is 27.2 Å². The topological polar surface area (TPSA) is 0 Å². The molecular formula is C10H22Si. The van der Waals surface area contributed by atoms with Gasteiger partial charge in [-0.15, -0.1) is 0 Å². The summed E-state index contributed by atoms with van der Waals surface area (Å²) in [5.41, 5.74) is 2.88. The second-order valence-electron chi connectivity index (χ2n) is 5.53. The average Bonchev–Trinajstić information content (AvgIpc) is 1.55. The van der Waals surface area contributed by atoms with Crippen LogP contribution < -0.4 is 0 Å². The van der Waals surface area contributed by atoms with E-state index in [0.717, 1.165) is 0 Å². The Kier molecular flexibility index (Phi) is 3.56. The fourth-order valence-electron chi connectivity index (χ4n) is 0.766. The highest BCUT2D eigenvalue weighted by atomic mass is 28.3. The molecule has 0 aromatic rings. The molecule has 0 atom stereocenters. The van der Waals surface area contributed by atoms with Crippen LogP contribution in [0.5, 0.6) is 0 Å². The summed E-state index contributed by atoms with van der Waals surface area (Å²) in [6.45, 7) is 13.9. The van der Waals surface area contributed by atoms with Gasteiger partial charge in [0, 0.05) is 0 Å². The Labute approximate surface area is 72.7 Å². The van der Waals surface area contributed by atoms with Crippen LogP contribution in [0.15, 0.2) is 11.8 Å². The molecule has 0 nitrogen and oxygen atoms in total. The van der Waals surface area contributed by atoms with Gasteiger partial charge in [0.05, 0.1) is 8.07 Å². The molecule has 0 radical (unpaired) electrons. The normalized spacial score (nSPS) is 14.4. The van der Waals surface area contributed by atoms with Crippen molar-refractivity contribution in [3.05, 3.63) is 11.8 Å². The van der Waals surface area contributed by atoms with E-state index in [4.69, 9.17) is 0 Å². The van der Waals surface area contributed by atoms with E-state index in [0.29, 0.717) is 5.41 Å². The van der Waals surface area contributed by atoms with Gasteiger partial charge in [0.2, 0.25) is 0 Å². The Balaban J connectivity index is 3.80. The van der Waals surface area contributed by atoms with Gasteiger partial charge in [0.1, 0.15) is 0 Å². The Morgan fingerprint density at radius 1 is 1.09 bits per heavy atom. The molecule has 1 heteroatoms. The first-order valence-corrected chi connectivity index (χ1v) is 7.96. The van der Waals surface area contributed by atoms with Gasteiger partial charge in [-0.25, -0.2) is 0 Å². The molecule has 66 valence electrons. The molecule has 0 aromatic heterocycles. The van der Waals surface area contributed by atoms with Gasteiger partial charge >= 0.3 is 0 Å². The predicted molar refractivity (Wildman–Crippen MR) is 56.6 cm³/mol. The van der Waals surface area contributed by atoms with Crippen molar-refractivity contribution in [2.45, 2.75) is 46.8 Å². The molecule has 0 fully saturated rings. The van der Waals surface area contributed by atoms with E-state index < -0.39 is 8.07 Å². The van der Waals surface area contributed by atoms with Crippen molar-refractivity contribution in [3.63, 3.8) is 0 Å². The van der Waals surface area contributed by atoms with Crippen LogP contribution in [0.2, 0.25) is 19.6 Å². The number of hydrogen-bond donors (Lipinski definition) is 0. The van der Waals surface area contributed by atoms with E-state index in [9.17, 15) is 0 Å². The van der Waals surface area contributed by atoms with E-state index in [-0.39, 0.29) is 0 Å². The summed E-state index contributed by atoms with van der Waals surface area (Å²) in [6.07, 6.45) is 3.56. The van der Waals surface area contributed by atoms with Crippen LogP contribution >= 0.6 is 0 Å². The quantitative estimate of drug-likeness (QED) is 0.552. The minimum absolute atomic E-state index is 0.455. The molecule has 0 aliphatic rings. The lowest BCUT2D eigenvalue weighted by Gasteiger charge is -2.16. The van der Waals surface area contributed by atoms with Crippen molar-refractivity contribution in [2.24, 2.45) is 5.41 Å². The highest BCUT2D eigenvalue weighted by Gasteiger charge is 2.10. The van der Waals surface area contributed by atoms with Gasteiger partial charge < -0.3 is 0 Å². The number of hydrogen-bond acceptors (Lipinski definition) is 0. The summed E-state index contributed by atoms with van der Waals surface area (Å²) in [5, 5.41) is 0. The highest BCUT2D eigenvalue weighted by Crippen LogP contribution is 2.19. The molecule has 11 heavy (non-hydrogen) atoms. The zero-order chi connectivity index (χ0) is 9.12. The first-order chi connectivity index (χ1) is 4.71. The third-order valence-corrected chi connectivity index (χ3v) is 2.58. The maximum atomic E-state index is 2.43. The van der Waals surface area contributed by atoms with E-state index in [2.05, 4.69) is 52.2 Å². The van der Waals surface area contributed by atoms with E-state index in [1.807, 2.05) is 0 Å². The van der Waals surface area contributed by atoms with Gasteiger partial charge in [-0.1, -0.05) is 52.2 Å². The lowest BCUT2D eigenvalue weighted by Crippen LogP contribution is -2.15. The van der Waals surface area contributed by atoms with Crippen molar-refractivity contribution in [3.8, 4) is 0 Å². The van der Waals surface area contributed by atoms with Crippen LogP contribution in [0.3, 0.4) is 0 Å². The third kappa shape index (κ3) is 9.96. The smallest absolute Gasteiger partial charge is 0.0682 e. The average molecular weight is 170 g/mol. The molecule has 0 heterocycles. The molecule has 0 saturated carbocycles. The lowest BCUT2D eigenvalue weighted by molar-refractivity contribution is 0.421. The summed E-state index contributed by atoms with van der Waals surface area (Å²) in [5.74, 6) is 0. The molecule has 0 aliphatic heterocycles. The van der Waals surface area contributed by atoms with Crippen molar-refractivity contribution in [1.29, 1.82) is 0 Å². The zero-order valence-electron chi connectivity index (χ0n) is 8.86. The Morgan fingerprint density at radius 3 is 1.82 bits per heavy atom. The maximum absolute atomic E-state index is 2.43. The van der Waals surface area contributed by atoms with Gasteiger partial charge in [0.15, 0.2) is 0 Å². The zero-order valence-corrected chi connectivity index (χ0v) is 9.86. The van der Waals surface area contributed by atoms with Crippen molar-refractivity contribution >= 4 is 8.07 Å². The molecule has 0 aromatic carbocycles. The molecule has 0 N–H and O–H groups in total. The summed E-state index contributed by atoms with van der Waals surface area (Å²) < 4.78 is 0. The maximum Gasteiger partial charge on any atom is 0.0682 e. The van der Waals surface area contributed by atoms with E-state index >= 15 is 0 Å². The van der Waals surface area contributed by atoms with Crippen LogP contribution in [-0.4, -0.2) is 8.07 Å². The monoisotopic (exact) mass is 170 g/mol. The number of rotatable bonds is 2. The van der Waals surface area contributed by atoms with Crippen LogP contribution in [0, 0.1) is 5.41 Å². The van der Waals surface area contributed by atoms with Crippen molar-refractivity contribution in [2.75, 3.05) is 0 Å². The SMILES string of the molecule is CC(C)(C)C/C=C/[Si](C)(C)C. The third-order valence-electron chi connectivity index (χ3n) is 1.35.